The van der Waals surface area contributed by atoms with Crippen molar-refractivity contribution in [3.05, 3.63) is 18.2 Å². The maximum Gasteiger partial charge on any atom is 0.242 e. The van der Waals surface area contributed by atoms with Crippen LogP contribution in [0.2, 0.25) is 0 Å². The maximum atomic E-state index is 12.9. The first-order valence-electron chi connectivity index (χ1n) is 11.3. The second kappa shape index (κ2) is 8.50. The second-order valence-corrected chi connectivity index (χ2v) is 10.1. The van der Waals surface area contributed by atoms with E-state index in [9.17, 15) is 9.59 Å². The summed E-state index contributed by atoms with van der Waals surface area (Å²) in [5.74, 6) is 3.45. The van der Waals surface area contributed by atoms with Crippen LogP contribution in [0, 0.1) is 23.2 Å². The summed E-state index contributed by atoms with van der Waals surface area (Å²) in [6.45, 7) is 2.19. The number of hydrogen-bond donors (Lipinski definition) is 2. The number of aromatic nitrogens is 2. The molecule has 4 saturated carbocycles. The topological polar surface area (TPSA) is 79.3 Å². The van der Waals surface area contributed by atoms with Gasteiger partial charge in [0.05, 0.1) is 6.54 Å². The lowest BCUT2D eigenvalue weighted by Gasteiger charge is -2.56. The fourth-order valence-corrected chi connectivity index (χ4v) is 7.12. The minimum absolute atomic E-state index is 0. The Hall–Kier alpha value is -1.60. The molecule has 4 bridgehead atoms. The highest BCUT2D eigenvalue weighted by atomic mass is 35.5. The van der Waals surface area contributed by atoms with Crippen molar-refractivity contribution in [2.24, 2.45) is 30.2 Å². The smallest absolute Gasteiger partial charge is 0.242 e. The number of imidazole rings is 1. The molecule has 4 aliphatic carbocycles. The van der Waals surface area contributed by atoms with Gasteiger partial charge in [0, 0.05) is 45.5 Å². The molecular weight excluding hydrogens is 402 g/mol. The summed E-state index contributed by atoms with van der Waals surface area (Å²) in [5.41, 5.74) is 0.215. The van der Waals surface area contributed by atoms with Crippen molar-refractivity contribution in [1.82, 2.24) is 25.1 Å². The first-order chi connectivity index (χ1) is 14.0. The Bertz CT molecular complexity index is 759. The van der Waals surface area contributed by atoms with Crippen LogP contribution in [0.15, 0.2) is 12.4 Å². The maximum absolute atomic E-state index is 12.9. The van der Waals surface area contributed by atoms with Gasteiger partial charge in [-0.1, -0.05) is 0 Å². The molecule has 2 heterocycles. The van der Waals surface area contributed by atoms with Gasteiger partial charge in [-0.15, -0.1) is 12.4 Å². The molecule has 8 heteroatoms. The minimum atomic E-state index is -0.0868. The zero-order valence-electron chi connectivity index (χ0n) is 17.8. The summed E-state index contributed by atoms with van der Waals surface area (Å²) in [6, 6.07) is -0.0868. The third-order valence-electron chi connectivity index (χ3n) is 7.86. The monoisotopic (exact) mass is 435 g/mol. The SMILES string of the molecule is Cl.Cn1ccnc1C1CNCCN1C(=O)CNC(=O)CC12CC3CC(CC(C3)C1)C2. The van der Waals surface area contributed by atoms with Crippen molar-refractivity contribution in [2.45, 2.75) is 51.0 Å². The summed E-state index contributed by atoms with van der Waals surface area (Å²) in [5, 5.41) is 6.31. The van der Waals surface area contributed by atoms with E-state index in [1.165, 1.54) is 38.5 Å². The van der Waals surface area contributed by atoms with Gasteiger partial charge in [0.25, 0.3) is 0 Å². The van der Waals surface area contributed by atoms with Crippen LogP contribution in [0.1, 0.15) is 56.8 Å². The van der Waals surface area contributed by atoms with Crippen LogP contribution < -0.4 is 10.6 Å². The van der Waals surface area contributed by atoms with E-state index in [-0.39, 0.29) is 42.2 Å². The lowest BCUT2D eigenvalue weighted by molar-refractivity contribution is -0.137. The molecule has 1 aliphatic heterocycles. The molecule has 1 atom stereocenters. The Balaban J connectivity index is 0.00000218. The Kier molecular flexibility index (Phi) is 6.13. The van der Waals surface area contributed by atoms with Crippen LogP contribution in [0.5, 0.6) is 0 Å². The normalized spacial score (nSPS) is 34.5. The van der Waals surface area contributed by atoms with Gasteiger partial charge in [-0.3, -0.25) is 9.59 Å². The molecule has 1 unspecified atom stereocenters. The summed E-state index contributed by atoms with van der Waals surface area (Å²) in [6.07, 6.45) is 12.1. The predicted molar refractivity (Wildman–Crippen MR) is 116 cm³/mol. The summed E-state index contributed by atoms with van der Waals surface area (Å²) in [4.78, 5) is 32.0. The minimum Gasteiger partial charge on any atom is -0.347 e. The lowest BCUT2D eigenvalue weighted by Crippen LogP contribution is -2.52. The molecule has 0 radical (unpaired) electrons. The summed E-state index contributed by atoms with van der Waals surface area (Å²) in [7, 11) is 1.95. The largest absolute Gasteiger partial charge is 0.347 e. The highest BCUT2D eigenvalue weighted by Crippen LogP contribution is 2.61. The highest BCUT2D eigenvalue weighted by molar-refractivity contribution is 5.85. The number of aryl methyl sites for hydroxylation is 1. The number of carbonyl (C=O) groups is 2. The molecule has 6 rings (SSSR count). The van der Waals surface area contributed by atoms with Gasteiger partial charge in [0.2, 0.25) is 11.8 Å². The van der Waals surface area contributed by atoms with Gasteiger partial charge < -0.3 is 20.1 Å². The van der Waals surface area contributed by atoms with E-state index in [1.54, 1.807) is 6.20 Å². The molecule has 0 spiro atoms. The molecule has 2 N–H and O–H groups in total. The molecule has 0 aromatic carbocycles. The van der Waals surface area contributed by atoms with Crippen LogP contribution in [0.25, 0.3) is 0 Å². The Morgan fingerprint density at radius 1 is 1.20 bits per heavy atom. The van der Waals surface area contributed by atoms with E-state index in [2.05, 4.69) is 15.6 Å². The average Bonchev–Trinajstić information content (AvgIpc) is 3.10. The van der Waals surface area contributed by atoms with E-state index >= 15 is 0 Å². The zero-order valence-corrected chi connectivity index (χ0v) is 18.6. The quantitative estimate of drug-likeness (QED) is 0.741. The van der Waals surface area contributed by atoms with E-state index < -0.39 is 0 Å². The van der Waals surface area contributed by atoms with Gasteiger partial charge in [0.1, 0.15) is 11.9 Å². The molecule has 7 nitrogen and oxygen atoms in total. The van der Waals surface area contributed by atoms with E-state index in [0.717, 1.165) is 30.1 Å². The van der Waals surface area contributed by atoms with Crippen LogP contribution in [0.3, 0.4) is 0 Å². The van der Waals surface area contributed by atoms with Crippen molar-refractivity contribution < 1.29 is 9.59 Å². The van der Waals surface area contributed by atoms with E-state index in [4.69, 9.17) is 0 Å². The van der Waals surface area contributed by atoms with Crippen molar-refractivity contribution in [2.75, 3.05) is 26.2 Å². The Morgan fingerprint density at radius 3 is 2.47 bits per heavy atom. The molecule has 1 saturated heterocycles. The summed E-state index contributed by atoms with van der Waals surface area (Å²) < 4.78 is 1.96. The first kappa shape index (κ1) is 21.6. The number of nitrogens with one attached hydrogen (secondary N) is 2. The molecule has 1 aromatic heterocycles. The predicted octanol–water partition coefficient (Wildman–Crippen LogP) is 2.04. The average molecular weight is 436 g/mol. The number of hydrogen-bond acceptors (Lipinski definition) is 4. The molecular formula is C22H34ClN5O2. The van der Waals surface area contributed by atoms with Gasteiger partial charge >= 0.3 is 0 Å². The number of amides is 2. The Morgan fingerprint density at radius 2 is 1.87 bits per heavy atom. The lowest BCUT2D eigenvalue weighted by atomic mass is 9.49. The van der Waals surface area contributed by atoms with Gasteiger partial charge in [0.15, 0.2) is 0 Å². The molecule has 1 aromatic rings. The van der Waals surface area contributed by atoms with Gasteiger partial charge in [-0.2, -0.15) is 0 Å². The van der Waals surface area contributed by atoms with Crippen molar-refractivity contribution in [3.8, 4) is 0 Å². The van der Waals surface area contributed by atoms with E-state index in [1.807, 2.05) is 22.7 Å². The number of piperazine rings is 1. The number of carbonyl (C=O) groups excluding carboxylic acids is 2. The van der Waals surface area contributed by atoms with Crippen LogP contribution in [-0.2, 0) is 16.6 Å². The molecule has 5 aliphatic rings. The van der Waals surface area contributed by atoms with Gasteiger partial charge in [-0.25, -0.2) is 4.98 Å². The number of halogens is 1. The highest BCUT2D eigenvalue weighted by Gasteiger charge is 2.51. The summed E-state index contributed by atoms with van der Waals surface area (Å²) >= 11 is 0. The van der Waals surface area contributed by atoms with Crippen molar-refractivity contribution in [1.29, 1.82) is 0 Å². The Labute approximate surface area is 184 Å². The fourth-order valence-electron chi connectivity index (χ4n) is 7.12. The molecule has 2 amide bonds. The number of nitrogens with zero attached hydrogens (tertiary/aromatic N) is 3. The van der Waals surface area contributed by atoms with Crippen molar-refractivity contribution in [3.63, 3.8) is 0 Å². The van der Waals surface area contributed by atoms with Crippen LogP contribution in [-0.4, -0.2) is 52.4 Å². The zero-order chi connectivity index (χ0) is 20.0. The number of rotatable bonds is 5. The second-order valence-electron chi connectivity index (χ2n) is 10.1. The van der Waals surface area contributed by atoms with Crippen LogP contribution >= 0.6 is 12.4 Å². The molecule has 5 fully saturated rings. The van der Waals surface area contributed by atoms with Crippen LogP contribution in [0.4, 0.5) is 0 Å². The van der Waals surface area contributed by atoms with E-state index in [0.29, 0.717) is 19.5 Å². The fraction of sp³-hybridized carbons (Fsp3) is 0.773. The molecule has 30 heavy (non-hydrogen) atoms. The standard InChI is InChI=1S/C22H33N5O2.ClH/c1-26-4-3-24-21(26)18-13-23-2-5-27(18)20(29)14-25-19(28)12-22-9-15-6-16(10-22)8-17(7-15)11-22;/h3-4,15-18,23H,2,5-14H2,1H3,(H,25,28);1H. The van der Waals surface area contributed by atoms with Crippen molar-refractivity contribution >= 4 is 24.2 Å². The molecule has 166 valence electrons. The third-order valence-corrected chi connectivity index (χ3v) is 7.86. The third kappa shape index (κ3) is 4.11. The first-order valence-corrected chi connectivity index (χ1v) is 11.3. The van der Waals surface area contributed by atoms with Gasteiger partial charge in [-0.05, 0) is 61.7 Å².